The van der Waals surface area contributed by atoms with Crippen LogP contribution in [0.3, 0.4) is 0 Å². The van der Waals surface area contributed by atoms with Crippen molar-refractivity contribution in [2.75, 3.05) is 20.3 Å². The van der Waals surface area contributed by atoms with Gasteiger partial charge in [-0.25, -0.2) is 4.39 Å². The first-order valence-electron chi connectivity index (χ1n) is 8.51. The Morgan fingerprint density at radius 3 is 2.72 bits per heavy atom. The lowest BCUT2D eigenvalue weighted by Gasteiger charge is -2.21. The summed E-state index contributed by atoms with van der Waals surface area (Å²) in [5.74, 6) is 1.17. The van der Waals surface area contributed by atoms with Gasteiger partial charge in [0.1, 0.15) is 19.0 Å². The fraction of sp³-hybridized carbons (Fsp3) is 0.350. The lowest BCUT2D eigenvalue weighted by molar-refractivity contribution is -0.131. The van der Waals surface area contributed by atoms with Crippen molar-refractivity contribution in [3.63, 3.8) is 0 Å². The monoisotopic (exact) mass is 341 g/mol. The number of nitrogens with zero attached hydrogens (tertiary/aromatic N) is 1. The molecular formula is C20H20FNO3. The number of carbonyl (C=O) groups excluding carboxylic acids is 1. The van der Waals surface area contributed by atoms with Crippen LogP contribution in [0.5, 0.6) is 11.5 Å². The molecule has 2 aromatic rings. The van der Waals surface area contributed by atoms with Gasteiger partial charge in [0.2, 0.25) is 5.91 Å². The van der Waals surface area contributed by atoms with Gasteiger partial charge in [0, 0.05) is 19.5 Å². The van der Waals surface area contributed by atoms with Gasteiger partial charge in [-0.3, -0.25) is 4.79 Å². The molecule has 1 saturated carbocycles. The normalized spacial score (nSPS) is 20.9. The Kier molecular flexibility index (Phi) is 4.07. The zero-order valence-corrected chi connectivity index (χ0v) is 14.1. The number of hydrogen-bond donors (Lipinski definition) is 0. The minimum atomic E-state index is -0.225. The Hall–Kier alpha value is -2.56. The molecule has 1 amide bonds. The van der Waals surface area contributed by atoms with E-state index in [9.17, 15) is 9.18 Å². The van der Waals surface area contributed by atoms with Crippen LogP contribution in [0.1, 0.15) is 23.5 Å². The number of rotatable bonds is 4. The van der Waals surface area contributed by atoms with E-state index in [-0.39, 0.29) is 23.6 Å². The predicted octanol–water partition coefficient (Wildman–Crippen LogP) is 3.36. The van der Waals surface area contributed by atoms with Gasteiger partial charge >= 0.3 is 0 Å². The van der Waals surface area contributed by atoms with Crippen molar-refractivity contribution in [3.05, 3.63) is 59.4 Å². The molecule has 1 heterocycles. The quantitative estimate of drug-likeness (QED) is 0.856. The average molecular weight is 341 g/mol. The molecule has 2 atom stereocenters. The van der Waals surface area contributed by atoms with Crippen LogP contribution < -0.4 is 9.47 Å². The Morgan fingerprint density at radius 2 is 1.92 bits per heavy atom. The molecule has 0 spiro atoms. The summed E-state index contributed by atoms with van der Waals surface area (Å²) >= 11 is 0. The van der Waals surface area contributed by atoms with Gasteiger partial charge in [0.25, 0.3) is 0 Å². The molecule has 2 aromatic carbocycles. The van der Waals surface area contributed by atoms with E-state index >= 15 is 0 Å². The summed E-state index contributed by atoms with van der Waals surface area (Å²) in [4.78, 5) is 14.3. The Labute approximate surface area is 146 Å². The first-order valence-corrected chi connectivity index (χ1v) is 8.51. The summed E-state index contributed by atoms with van der Waals surface area (Å²) in [5.41, 5.74) is 1.64. The zero-order chi connectivity index (χ0) is 17.4. The van der Waals surface area contributed by atoms with Gasteiger partial charge in [-0.2, -0.15) is 0 Å². The zero-order valence-electron chi connectivity index (χ0n) is 14.1. The van der Waals surface area contributed by atoms with E-state index in [1.165, 1.54) is 6.07 Å². The lowest BCUT2D eigenvalue weighted by Crippen LogP contribution is -2.28. The van der Waals surface area contributed by atoms with E-state index in [4.69, 9.17) is 9.47 Å². The van der Waals surface area contributed by atoms with Gasteiger partial charge in [-0.05, 0) is 41.7 Å². The molecule has 25 heavy (non-hydrogen) atoms. The summed E-state index contributed by atoms with van der Waals surface area (Å²) in [6.45, 7) is 1.59. The second kappa shape index (κ2) is 6.39. The van der Waals surface area contributed by atoms with E-state index in [0.29, 0.717) is 31.7 Å². The molecule has 0 aromatic heterocycles. The fourth-order valence-corrected chi connectivity index (χ4v) is 3.41. The number of fused-ring (bicyclic) bond motifs is 1. The van der Waals surface area contributed by atoms with Crippen molar-refractivity contribution < 1.29 is 18.7 Å². The van der Waals surface area contributed by atoms with Crippen molar-refractivity contribution in [3.8, 4) is 11.5 Å². The highest BCUT2D eigenvalue weighted by Gasteiger charge is 2.46. The highest BCUT2D eigenvalue weighted by Crippen LogP contribution is 2.49. The molecule has 2 unspecified atom stereocenters. The maximum Gasteiger partial charge on any atom is 0.226 e. The van der Waals surface area contributed by atoms with E-state index in [1.807, 2.05) is 24.3 Å². The molecule has 4 nitrogen and oxygen atoms in total. The summed E-state index contributed by atoms with van der Waals surface area (Å²) in [7, 11) is 1.79. The molecule has 0 saturated heterocycles. The largest absolute Gasteiger partial charge is 0.486 e. The van der Waals surface area contributed by atoms with Crippen LogP contribution in [0.15, 0.2) is 42.5 Å². The Balaban J connectivity index is 1.41. The number of carbonyl (C=O) groups is 1. The van der Waals surface area contributed by atoms with Crippen LogP contribution >= 0.6 is 0 Å². The van der Waals surface area contributed by atoms with Crippen LogP contribution in [-0.4, -0.2) is 31.1 Å². The molecule has 130 valence electrons. The van der Waals surface area contributed by atoms with Crippen LogP contribution in [0.2, 0.25) is 0 Å². The highest BCUT2D eigenvalue weighted by atomic mass is 19.1. The molecule has 1 fully saturated rings. The number of benzene rings is 2. The smallest absolute Gasteiger partial charge is 0.226 e. The third kappa shape index (κ3) is 3.18. The lowest BCUT2D eigenvalue weighted by atomic mass is 10.1. The van der Waals surface area contributed by atoms with Crippen LogP contribution in [-0.2, 0) is 11.3 Å². The number of halogens is 1. The highest BCUT2D eigenvalue weighted by molar-refractivity contribution is 5.82. The molecule has 5 heteroatoms. The minimum absolute atomic E-state index is 0.00332. The fourth-order valence-electron chi connectivity index (χ4n) is 3.41. The summed E-state index contributed by atoms with van der Waals surface area (Å²) < 4.78 is 25.0. The summed E-state index contributed by atoms with van der Waals surface area (Å²) in [5, 5.41) is 0. The second-order valence-electron chi connectivity index (χ2n) is 6.64. The molecule has 0 N–H and O–H groups in total. The van der Waals surface area contributed by atoms with Crippen LogP contribution in [0, 0.1) is 11.7 Å². The third-order valence-corrected chi connectivity index (χ3v) is 4.81. The number of amides is 1. The predicted molar refractivity (Wildman–Crippen MR) is 91.2 cm³/mol. The van der Waals surface area contributed by atoms with Crippen LogP contribution in [0.25, 0.3) is 0 Å². The number of ether oxygens (including phenoxy) is 2. The van der Waals surface area contributed by atoms with E-state index in [0.717, 1.165) is 17.1 Å². The summed E-state index contributed by atoms with van der Waals surface area (Å²) in [6.07, 6.45) is 0.714. The standard InChI is InChI=1S/C20H20FNO3/c1-22(12-13-6-7-18-19(10-13)25-9-8-24-18)20(23)16-11-15(16)14-4-2-3-5-17(14)21/h2-7,10,15-16H,8-9,11-12H2,1H3. The summed E-state index contributed by atoms with van der Waals surface area (Å²) in [6, 6.07) is 12.4. The van der Waals surface area contributed by atoms with E-state index in [2.05, 4.69) is 0 Å². The van der Waals surface area contributed by atoms with Crippen molar-refractivity contribution >= 4 is 5.91 Å². The van der Waals surface area contributed by atoms with Crippen molar-refractivity contribution in [2.24, 2.45) is 5.92 Å². The molecule has 2 aliphatic rings. The van der Waals surface area contributed by atoms with Crippen LogP contribution in [0.4, 0.5) is 4.39 Å². The van der Waals surface area contributed by atoms with E-state index < -0.39 is 0 Å². The van der Waals surface area contributed by atoms with Gasteiger partial charge in [0.05, 0.1) is 0 Å². The van der Waals surface area contributed by atoms with E-state index in [1.54, 1.807) is 24.1 Å². The Morgan fingerprint density at radius 1 is 1.16 bits per heavy atom. The maximum absolute atomic E-state index is 13.9. The van der Waals surface area contributed by atoms with Gasteiger partial charge in [-0.1, -0.05) is 24.3 Å². The molecule has 0 bridgehead atoms. The average Bonchev–Trinajstić information content (AvgIpc) is 3.42. The van der Waals surface area contributed by atoms with Gasteiger partial charge in [-0.15, -0.1) is 0 Å². The van der Waals surface area contributed by atoms with Gasteiger partial charge in [0.15, 0.2) is 11.5 Å². The molecule has 1 aliphatic carbocycles. The van der Waals surface area contributed by atoms with Gasteiger partial charge < -0.3 is 14.4 Å². The van der Waals surface area contributed by atoms with Crippen molar-refractivity contribution in [2.45, 2.75) is 18.9 Å². The molecule has 0 radical (unpaired) electrons. The Bertz CT molecular complexity index is 807. The topological polar surface area (TPSA) is 38.8 Å². The molecule has 1 aliphatic heterocycles. The minimum Gasteiger partial charge on any atom is -0.486 e. The maximum atomic E-state index is 13.9. The number of hydrogen-bond acceptors (Lipinski definition) is 3. The second-order valence-corrected chi connectivity index (χ2v) is 6.64. The molecular weight excluding hydrogens is 321 g/mol. The molecule has 4 rings (SSSR count). The first-order chi connectivity index (χ1) is 12.1. The first kappa shape index (κ1) is 15.9. The third-order valence-electron chi connectivity index (χ3n) is 4.81. The van der Waals surface area contributed by atoms with Crippen molar-refractivity contribution in [1.82, 2.24) is 4.90 Å². The van der Waals surface area contributed by atoms with Crippen molar-refractivity contribution in [1.29, 1.82) is 0 Å². The SMILES string of the molecule is CN(Cc1ccc2c(c1)OCCO2)C(=O)C1CC1c1ccccc1F.